The van der Waals surface area contributed by atoms with Crippen molar-refractivity contribution in [3.63, 3.8) is 0 Å². The predicted molar refractivity (Wildman–Crippen MR) is 100 cm³/mol. The van der Waals surface area contributed by atoms with E-state index >= 15 is 0 Å². The van der Waals surface area contributed by atoms with Crippen LogP contribution in [0.1, 0.15) is 41.3 Å². The number of aryl methyl sites for hydroxylation is 4. The maximum absolute atomic E-state index is 4.70. The molecule has 0 aliphatic heterocycles. The lowest BCUT2D eigenvalue weighted by Gasteiger charge is -2.12. The van der Waals surface area contributed by atoms with Crippen molar-refractivity contribution in [2.75, 3.05) is 13.1 Å². The van der Waals surface area contributed by atoms with E-state index in [2.05, 4.69) is 66.7 Å². The maximum atomic E-state index is 4.70. The zero-order valence-electron chi connectivity index (χ0n) is 15.2. The Morgan fingerprint density at radius 2 is 2.00 bits per heavy atom. The Morgan fingerprint density at radius 1 is 1.17 bits per heavy atom. The van der Waals surface area contributed by atoms with Gasteiger partial charge in [0, 0.05) is 18.8 Å². The van der Waals surface area contributed by atoms with Crippen LogP contribution in [-0.4, -0.2) is 29.2 Å². The molecule has 0 atom stereocenters. The summed E-state index contributed by atoms with van der Waals surface area (Å²) in [6.45, 7) is 10.9. The van der Waals surface area contributed by atoms with Crippen molar-refractivity contribution < 1.29 is 0 Å². The van der Waals surface area contributed by atoms with Gasteiger partial charge in [0.25, 0.3) is 0 Å². The second kappa shape index (κ2) is 9.11. The second-order valence-corrected chi connectivity index (χ2v) is 6.18. The molecule has 5 heteroatoms. The quantitative estimate of drug-likeness (QED) is 0.416. The van der Waals surface area contributed by atoms with Gasteiger partial charge >= 0.3 is 0 Å². The van der Waals surface area contributed by atoms with Crippen LogP contribution in [0.15, 0.2) is 29.4 Å². The Kier molecular flexibility index (Phi) is 6.85. The standard InChI is InChI=1S/C19H29N5/c1-5-20-19(21-10-6-7-18-13-23-24-16(18)4)22-12-17-9-8-14(2)11-15(17)3/h8-9,11,13H,5-7,10,12H2,1-4H3,(H,23,24)(H2,20,21,22). The number of nitrogens with one attached hydrogen (secondary N) is 3. The van der Waals surface area contributed by atoms with Crippen molar-refractivity contribution in [1.82, 2.24) is 20.8 Å². The average molecular weight is 327 g/mol. The Labute approximate surface area is 145 Å². The fourth-order valence-corrected chi connectivity index (χ4v) is 2.64. The van der Waals surface area contributed by atoms with Crippen molar-refractivity contribution in [3.05, 3.63) is 52.3 Å². The summed E-state index contributed by atoms with van der Waals surface area (Å²) in [7, 11) is 0. The van der Waals surface area contributed by atoms with Gasteiger partial charge in [0.05, 0.1) is 12.7 Å². The first-order valence-corrected chi connectivity index (χ1v) is 8.67. The van der Waals surface area contributed by atoms with Crippen LogP contribution in [0.2, 0.25) is 0 Å². The van der Waals surface area contributed by atoms with Crippen molar-refractivity contribution in [1.29, 1.82) is 0 Å². The van der Waals surface area contributed by atoms with Crippen LogP contribution in [0.25, 0.3) is 0 Å². The Bertz CT molecular complexity index is 672. The van der Waals surface area contributed by atoms with Gasteiger partial charge in [-0.1, -0.05) is 23.8 Å². The maximum Gasteiger partial charge on any atom is 0.191 e. The number of rotatable bonds is 7. The lowest BCUT2D eigenvalue weighted by molar-refractivity contribution is 0.742. The minimum Gasteiger partial charge on any atom is -0.357 e. The monoisotopic (exact) mass is 327 g/mol. The van der Waals surface area contributed by atoms with Gasteiger partial charge in [0.2, 0.25) is 0 Å². The molecule has 1 heterocycles. The molecule has 0 aliphatic rings. The number of H-pyrrole nitrogens is 1. The van der Waals surface area contributed by atoms with E-state index < -0.39 is 0 Å². The van der Waals surface area contributed by atoms with Crippen LogP contribution in [-0.2, 0) is 13.0 Å². The molecule has 0 bridgehead atoms. The summed E-state index contributed by atoms with van der Waals surface area (Å²) < 4.78 is 0. The van der Waals surface area contributed by atoms with E-state index in [4.69, 9.17) is 4.99 Å². The van der Waals surface area contributed by atoms with E-state index in [1.54, 1.807) is 0 Å². The lowest BCUT2D eigenvalue weighted by Crippen LogP contribution is -2.37. The Morgan fingerprint density at radius 3 is 2.67 bits per heavy atom. The van der Waals surface area contributed by atoms with E-state index in [1.165, 1.54) is 22.3 Å². The molecule has 1 aromatic heterocycles. The van der Waals surface area contributed by atoms with Crippen molar-refractivity contribution in [3.8, 4) is 0 Å². The van der Waals surface area contributed by atoms with Crippen LogP contribution < -0.4 is 10.6 Å². The topological polar surface area (TPSA) is 65.1 Å². The number of benzene rings is 1. The van der Waals surface area contributed by atoms with E-state index in [1.807, 2.05) is 6.20 Å². The number of aromatic amines is 1. The third kappa shape index (κ3) is 5.41. The fourth-order valence-electron chi connectivity index (χ4n) is 2.64. The summed E-state index contributed by atoms with van der Waals surface area (Å²) in [5.41, 5.74) is 6.30. The smallest absolute Gasteiger partial charge is 0.191 e. The second-order valence-electron chi connectivity index (χ2n) is 6.18. The highest BCUT2D eigenvalue weighted by Gasteiger charge is 2.02. The van der Waals surface area contributed by atoms with Crippen molar-refractivity contribution in [2.24, 2.45) is 4.99 Å². The predicted octanol–water partition coefficient (Wildman–Crippen LogP) is 3.02. The van der Waals surface area contributed by atoms with E-state index in [0.717, 1.165) is 37.6 Å². The van der Waals surface area contributed by atoms with Crippen molar-refractivity contribution >= 4 is 5.96 Å². The minimum absolute atomic E-state index is 0.697. The Balaban J connectivity index is 1.85. The molecule has 2 aromatic rings. The summed E-state index contributed by atoms with van der Waals surface area (Å²) in [6.07, 6.45) is 3.98. The summed E-state index contributed by atoms with van der Waals surface area (Å²) in [5, 5.41) is 13.8. The molecule has 0 saturated heterocycles. The fraction of sp³-hybridized carbons (Fsp3) is 0.474. The van der Waals surface area contributed by atoms with Crippen molar-refractivity contribution in [2.45, 2.75) is 47.1 Å². The largest absolute Gasteiger partial charge is 0.357 e. The molecule has 24 heavy (non-hydrogen) atoms. The molecule has 2 rings (SSSR count). The molecule has 0 saturated carbocycles. The first kappa shape index (κ1) is 18.0. The van der Waals surface area contributed by atoms with E-state index in [0.29, 0.717) is 6.54 Å². The van der Waals surface area contributed by atoms with Gasteiger partial charge < -0.3 is 10.6 Å². The van der Waals surface area contributed by atoms with Crippen LogP contribution in [0.4, 0.5) is 0 Å². The van der Waals surface area contributed by atoms with E-state index in [-0.39, 0.29) is 0 Å². The average Bonchev–Trinajstić information content (AvgIpc) is 2.95. The molecule has 0 aliphatic carbocycles. The van der Waals surface area contributed by atoms with Gasteiger partial charge in [-0.15, -0.1) is 0 Å². The molecule has 5 nitrogen and oxygen atoms in total. The molecular weight excluding hydrogens is 298 g/mol. The first-order valence-electron chi connectivity index (χ1n) is 8.67. The Hall–Kier alpha value is -2.30. The van der Waals surface area contributed by atoms with E-state index in [9.17, 15) is 0 Å². The molecule has 3 N–H and O–H groups in total. The molecule has 1 aromatic carbocycles. The van der Waals surface area contributed by atoms with Gasteiger partial charge in [0.1, 0.15) is 0 Å². The third-order valence-corrected chi connectivity index (χ3v) is 4.10. The van der Waals surface area contributed by atoms with Gasteiger partial charge in [0.15, 0.2) is 5.96 Å². The molecule has 0 spiro atoms. The summed E-state index contributed by atoms with van der Waals surface area (Å²) in [4.78, 5) is 4.70. The number of aromatic nitrogens is 2. The van der Waals surface area contributed by atoms with Crippen LogP contribution in [0.5, 0.6) is 0 Å². The minimum atomic E-state index is 0.697. The summed E-state index contributed by atoms with van der Waals surface area (Å²) in [6, 6.07) is 6.52. The lowest BCUT2D eigenvalue weighted by atomic mass is 10.1. The molecular formula is C19H29N5. The number of hydrogen-bond acceptors (Lipinski definition) is 2. The third-order valence-electron chi connectivity index (χ3n) is 4.10. The zero-order chi connectivity index (χ0) is 17.4. The van der Waals surface area contributed by atoms with Gasteiger partial charge in [-0.3, -0.25) is 5.10 Å². The summed E-state index contributed by atoms with van der Waals surface area (Å²) >= 11 is 0. The number of aliphatic imine (C=N–C) groups is 1. The molecule has 0 fully saturated rings. The van der Waals surface area contributed by atoms with Crippen LogP contribution >= 0.6 is 0 Å². The number of guanidine groups is 1. The highest BCUT2D eigenvalue weighted by atomic mass is 15.2. The molecule has 130 valence electrons. The summed E-state index contributed by atoms with van der Waals surface area (Å²) in [5.74, 6) is 0.876. The zero-order valence-corrected chi connectivity index (χ0v) is 15.2. The van der Waals surface area contributed by atoms with Gasteiger partial charge in [-0.05, 0) is 57.2 Å². The highest BCUT2D eigenvalue weighted by molar-refractivity contribution is 5.79. The SMILES string of the molecule is CCNC(=NCc1ccc(C)cc1C)NCCCc1cn[nH]c1C. The molecule has 0 amide bonds. The molecule has 0 unspecified atom stereocenters. The number of hydrogen-bond donors (Lipinski definition) is 3. The number of nitrogens with zero attached hydrogens (tertiary/aromatic N) is 2. The van der Waals surface area contributed by atoms with Crippen LogP contribution in [0.3, 0.4) is 0 Å². The van der Waals surface area contributed by atoms with Crippen LogP contribution in [0, 0.1) is 20.8 Å². The first-order chi connectivity index (χ1) is 11.6. The highest BCUT2D eigenvalue weighted by Crippen LogP contribution is 2.11. The normalized spacial score (nSPS) is 11.6. The van der Waals surface area contributed by atoms with Gasteiger partial charge in [-0.2, -0.15) is 5.10 Å². The van der Waals surface area contributed by atoms with Gasteiger partial charge in [-0.25, -0.2) is 4.99 Å². The molecule has 0 radical (unpaired) electrons.